The number of nitrogens with one attached hydrogen (secondary N) is 1. The Hall–Kier alpha value is -3.62. The average molecular weight is 603 g/mol. The SMILES string of the molecule is CC(NC(=O)OCc1ccccc1)[C@@H]1[C@@H](O[Si](c2ccccc2)(c2ccccc2)C(C)(C)C)CCN1C(=O)OC(C)(C)C. The van der Waals surface area contributed by atoms with Gasteiger partial charge in [0.15, 0.2) is 0 Å². The van der Waals surface area contributed by atoms with Crippen LogP contribution in [0.2, 0.25) is 5.04 Å². The zero-order valence-corrected chi connectivity index (χ0v) is 27.5. The lowest BCUT2D eigenvalue weighted by atomic mass is 10.1. The van der Waals surface area contributed by atoms with E-state index < -0.39 is 38.2 Å². The summed E-state index contributed by atoms with van der Waals surface area (Å²) >= 11 is 0. The van der Waals surface area contributed by atoms with Crippen molar-refractivity contribution in [3.8, 4) is 0 Å². The van der Waals surface area contributed by atoms with Gasteiger partial charge in [0.05, 0.1) is 18.2 Å². The van der Waals surface area contributed by atoms with Crippen molar-refractivity contribution < 1.29 is 23.5 Å². The third-order valence-electron chi connectivity index (χ3n) is 7.84. The fourth-order valence-corrected chi connectivity index (χ4v) is 10.7. The molecule has 0 saturated carbocycles. The van der Waals surface area contributed by atoms with Gasteiger partial charge in [-0.25, -0.2) is 9.59 Å². The lowest BCUT2D eigenvalue weighted by Gasteiger charge is -2.46. The Morgan fingerprint density at radius 2 is 1.37 bits per heavy atom. The van der Waals surface area contributed by atoms with Gasteiger partial charge in [0.1, 0.15) is 12.2 Å². The molecule has 3 atom stereocenters. The summed E-state index contributed by atoms with van der Waals surface area (Å²) in [4.78, 5) is 28.2. The number of hydrogen-bond donors (Lipinski definition) is 1. The molecule has 1 heterocycles. The highest BCUT2D eigenvalue weighted by atomic mass is 28.4. The summed E-state index contributed by atoms with van der Waals surface area (Å²) in [5, 5.41) is 5.07. The molecule has 1 N–H and O–H groups in total. The van der Waals surface area contributed by atoms with Crippen molar-refractivity contribution >= 4 is 30.9 Å². The minimum Gasteiger partial charge on any atom is -0.445 e. The third kappa shape index (κ3) is 7.67. The summed E-state index contributed by atoms with van der Waals surface area (Å²) in [6, 6.07) is 29.5. The number of benzene rings is 3. The monoisotopic (exact) mass is 602 g/mol. The zero-order chi connectivity index (χ0) is 31.3. The molecule has 4 rings (SSSR count). The lowest BCUT2D eigenvalue weighted by molar-refractivity contribution is 0.0120. The van der Waals surface area contributed by atoms with Crippen molar-refractivity contribution in [2.75, 3.05) is 6.54 Å². The Labute approximate surface area is 257 Å². The molecule has 0 aliphatic carbocycles. The van der Waals surface area contributed by atoms with Gasteiger partial charge in [-0.2, -0.15) is 0 Å². The van der Waals surface area contributed by atoms with Crippen LogP contribution in [0.15, 0.2) is 91.0 Å². The van der Waals surface area contributed by atoms with Crippen LogP contribution in [0, 0.1) is 0 Å². The van der Waals surface area contributed by atoms with Crippen LogP contribution in [0.5, 0.6) is 0 Å². The number of carbonyl (C=O) groups excluding carboxylic acids is 2. The smallest absolute Gasteiger partial charge is 0.410 e. The van der Waals surface area contributed by atoms with E-state index >= 15 is 0 Å². The first-order valence-corrected chi connectivity index (χ1v) is 17.0. The summed E-state index contributed by atoms with van der Waals surface area (Å²) in [7, 11) is -2.94. The molecule has 3 aromatic carbocycles. The fraction of sp³-hybridized carbons (Fsp3) is 0.429. The Bertz CT molecular complexity index is 1300. The number of amides is 2. The number of carbonyl (C=O) groups is 2. The predicted molar refractivity (Wildman–Crippen MR) is 173 cm³/mol. The van der Waals surface area contributed by atoms with Crippen molar-refractivity contribution in [3.63, 3.8) is 0 Å². The summed E-state index contributed by atoms with van der Waals surface area (Å²) in [6.45, 7) is 14.8. The van der Waals surface area contributed by atoms with Crippen molar-refractivity contribution in [2.45, 2.75) is 90.3 Å². The normalized spacial score (nSPS) is 18.2. The highest BCUT2D eigenvalue weighted by Gasteiger charge is 2.54. The number of ether oxygens (including phenoxy) is 2. The van der Waals surface area contributed by atoms with E-state index in [0.717, 1.165) is 15.9 Å². The van der Waals surface area contributed by atoms with Crippen LogP contribution >= 0.6 is 0 Å². The highest BCUT2D eigenvalue weighted by Crippen LogP contribution is 2.40. The van der Waals surface area contributed by atoms with Gasteiger partial charge >= 0.3 is 12.2 Å². The molecule has 1 fully saturated rings. The second kappa shape index (κ2) is 13.3. The Balaban J connectivity index is 1.69. The van der Waals surface area contributed by atoms with E-state index in [0.29, 0.717) is 13.0 Å². The molecule has 8 heteroatoms. The maximum Gasteiger partial charge on any atom is 0.410 e. The lowest BCUT2D eigenvalue weighted by Crippen LogP contribution is -2.69. The summed E-state index contributed by atoms with van der Waals surface area (Å²) < 4.78 is 18.9. The maximum absolute atomic E-state index is 13.5. The molecule has 1 aliphatic heterocycles. The first-order valence-electron chi connectivity index (χ1n) is 15.1. The van der Waals surface area contributed by atoms with E-state index in [9.17, 15) is 9.59 Å². The second-order valence-corrected chi connectivity index (χ2v) is 17.5. The molecule has 3 aromatic rings. The van der Waals surface area contributed by atoms with E-state index in [2.05, 4.69) is 74.6 Å². The van der Waals surface area contributed by atoms with Crippen molar-refractivity contribution in [1.29, 1.82) is 0 Å². The average Bonchev–Trinajstić information content (AvgIpc) is 3.39. The number of alkyl carbamates (subject to hydrolysis) is 1. The summed E-state index contributed by atoms with van der Waals surface area (Å²) in [5.74, 6) is 0. The molecule has 1 aliphatic rings. The quantitative estimate of drug-likeness (QED) is 0.308. The number of nitrogens with zero attached hydrogens (tertiary/aromatic N) is 1. The molecule has 0 radical (unpaired) electrons. The van der Waals surface area contributed by atoms with Crippen molar-refractivity contribution in [1.82, 2.24) is 10.2 Å². The van der Waals surface area contributed by atoms with E-state index in [4.69, 9.17) is 13.9 Å². The topological polar surface area (TPSA) is 77.1 Å². The van der Waals surface area contributed by atoms with Crippen LogP contribution in [-0.2, 0) is 20.5 Å². The van der Waals surface area contributed by atoms with Crippen LogP contribution in [0.25, 0.3) is 0 Å². The summed E-state index contributed by atoms with van der Waals surface area (Å²) in [6.07, 6.45) is -0.711. The molecule has 2 amide bonds. The molecular weight excluding hydrogens is 556 g/mol. The van der Waals surface area contributed by atoms with Gasteiger partial charge < -0.3 is 24.1 Å². The van der Waals surface area contributed by atoms with Gasteiger partial charge in [-0.15, -0.1) is 0 Å². The predicted octanol–water partition coefficient (Wildman–Crippen LogP) is 6.26. The van der Waals surface area contributed by atoms with Gasteiger partial charge in [0, 0.05) is 6.54 Å². The molecule has 1 saturated heterocycles. The maximum atomic E-state index is 13.5. The first kappa shape index (κ1) is 32.3. The van der Waals surface area contributed by atoms with Crippen LogP contribution in [0.3, 0.4) is 0 Å². The van der Waals surface area contributed by atoms with Gasteiger partial charge in [-0.3, -0.25) is 0 Å². The molecule has 230 valence electrons. The number of likely N-dealkylation sites (tertiary alicyclic amines) is 1. The van der Waals surface area contributed by atoms with E-state index in [-0.39, 0.29) is 17.7 Å². The Morgan fingerprint density at radius 3 is 1.86 bits per heavy atom. The molecule has 1 unspecified atom stereocenters. The second-order valence-electron chi connectivity index (χ2n) is 13.3. The summed E-state index contributed by atoms with van der Waals surface area (Å²) in [5.41, 5.74) is 0.235. The standard InChI is InChI=1S/C35H46N2O5Si/c1-26(36-32(38)40-25-27-17-11-8-12-18-27)31-30(23-24-37(31)33(39)41-34(2,3)4)42-43(35(5,6)7,28-19-13-9-14-20-28)29-21-15-10-16-22-29/h8-22,26,30-31H,23-25H2,1-7H3,(H,36,38)/t26?,30-,31+/m0/s1. The molecule has 7 nitrogen and oxygen atoms in total. The van der Waals surface area contributed by atoms with Gasteiger partial charge in [-0.05, 0) is 55.1 Å². The van der Waals surface area contributed by atoms with E-state index in [1.165, 1.54) is 0 Å². The van der Waals surface area contributed by atoms with Gasteiger partial charge in [0.2, 0.25) is 0 Å². The number of rotatable bonds is 8. The van der Waals surface area contributed by atoms with Gasteiger partial charge in [-0.1, -0.05) is 112 Å². The number of hydrogen-bond acceptors (Lipinski definition) is 5. The molecule has 0 spiro atoms. The van der Waals surface area contributed by atoms with Gasteiger partial charge in [0.25, 0.3) is 8.32 Å². The van der Waals surface area contributed by atoms with Crippen molar-refractivity contribution in [2.24, 2.45) is 0 Å². The molecule has 0 bridgehead atoms. The van der Waals surface area contributed by atoms with Crippen LogP contribution in [0.1, 0.15) is 60.5 Å². The molecule has 43 heavy (non-hydrogen) atoms. The Kier molecular flexibility index (Phi) is 10.0. The van der Waals surface area contributed by atoms with E-state index in [1.807, 2.05) is 70.2 Å². The minimum absolute atomic E-state index is 0.155. The van der Waals surface area contributed by atoms with Crippen LogP contribution in [-0.4, -0.2) is 55.7 Å². The largest absolute Gasteiger partial charge is 0.445 e. The highest BCUT2D eigenvalue weighted by molar-refractivity contribution is 6.99. The minimum atomic E-state index is -2.94. The first-order chi connectivity index (χ1) is 20.3. The Morgan fingerprint density at radius 1 is 0.860 bits per heavy atom. The van der Waals surface area contributed by atoms with Crippen LogP contribution in [0.4, 0.5) is 9.59 Å². The van der Waals surface area contributed by atoms with Crippen molar-refractivity contribution in [3.05, 3.63) is 96.6 Å². The third-order valence-corrected chi connectivity index (χ3v) is 12.9. The van der Waals surface area contributed by atoms with E-state index in [1.54, 1.807) is 4.90 Å². The molecular formula is C35H46N2O5Si. The zero-order valence-electron chi connectivity index (χ0n) is 26.5. The van der Waals surface area contributed by atoms with Crippen LogP contribution < -0.4 is 15.7 Å². The fourth-order valence-electron chi connectivity index (χ4n) is 6.00. The molecule has 0 aromatic heterocycles.